The van der Waals surface area contributed by atoms with Crippen molar-refractivity contribution in [1.29, 1.82) is 0 Å². The molecule has 19 heavy (non-hydrogen) atoms. The first-order valence-electron chi connectivity index (χ1n) is 6.25. The molecule has 2 aromatic rings. The Balaban J connectivity index is 1.58. The van der Waals surface area contributed by atoms with E-state index in [2.05, 4.69) is 29.6 Å². The summed E-state index contributed by atoms with van der Waals surface area (Å²) in [6.07, 6.45) is 2.09. The lowest BCUT2D eigenvalue weighted by molar-refractivity contribution is -0.380. The average Bonchev–Trinajstić information content (AvgIpc) is 3.02. The molecule has 1 heterocycles. The predicted molar refractivity (Wildman–Crippen MR) is 75.5 cm³/mol. The third-order valence-corrected chi connectivity index (χ3v) is 4.48. The molecule has 3 rings (SSSR count). The number of benzene rings is 1. The molecule has 1 N–H and O–H groups in total. The highest BCUT2D eigenvalue weighted by Crippen LogP contribution is 2.25. The zero-order valence-electron chi connectivity index (χ0n) is 10.3. The van der Waals surface area contributed by atoms with Crippen LogP contribution < -0.4 is 5.32 Å². The maximum absolute atomic E-state index is 10.6. The Morgan fingerprint density at radius 3 is 2.47 bits per heavy atom. The number of thiophene rings is 1. The van der Waals surface area contributed by atoms with Gasteiger partial charge in [-0.3, -0.25) is 10.1 Å². The Bertz CT molecular complexity index is 584. The molecule has 1 aromatic carbocycles. The highest BCUT2D eigenvalue weighted by molar-refractivity contribution is 7.15. The summed E-state index contributed by atoms with van der Waals surface area (Å²) in [5.41, 5.74) is 2.83. The molecule has 0 radical (unpaired) electrons. The Kier molecular flexibility index (Phi) is 3.31. The van der Waals surface area contributed by atoms with Crippen molar-refractivity contribution in [3.05, 3.63) is 62.5 Å². The molecule has 0 atom stereocenters. The Morgan fingerprint density at radius 1 is 1.21 bits per heavy atom. The van der Waals surface area contributed by atoms with E-state index in [1.54, 1.807) is 6.07 Å². The van der Waals surface area contributed by atoms with E-state index in [0.717, 1.165) is 17.7 Å². The van der Waals surface area contributed by atoms with E-state index in [-0.39, 0.29) is 9.92 Å². The van der Waals surface area contributed by atoms with Gasteiger partial charge in [-0.15, -0.1) is 0 Å². The van der Waals surface area contributed by atoms with Crippen LogP contribution in [0, 0.1) is 10.1 Å². The van der Waals surface area contributed by atoms with E-state index >= 15 is 0 Å². The quantitative estimate of drug-likeness (QED) is 0.689. The summed E-state index contributed by atoms with van der Waals surface area (Å²) in [7, 11) is 0. The van der Waals surface area contributed by atoms with Crippen LogP contribution in [-0.2, 0) is 19.4 Å². The summed E-state index contributed by atoms with van der Waals surface area (Å²) in [6.45, 7) is 0.706. The lowest BCUT2D eigenvalue weighted by Gasteiger charge is -2.10. The van der Waals surface area contributed by atoms with Gasteiger partial charge in [0.05, 0.1) is 4.92 Å². The number of nitrogens with zero attached hydrogens (tertiary/aromatic N) is 1. The van der Waals surface area contributed by atoms with E-state index in [0.29, 0.717) is 12.6 Å². The Labute approximate surface area is 115 Å². The van der Waals surface area contributed by atoms with E-state index in [1.807, 2.05) is 6.07 Å². The third-order valence-electron chi connectivity index (χ3n) is 3.44. The SMILES string of the molecule is O=[N+]([O-])c1ccc(CNC2Cc3ccccc3C2)s1. The largest absolute Gasteiger partial charge is 0.324 e. The molecule has 0 aliphatic heterocycles. The fourth-order valence-electron chi connectivity index (χ4n) is 2.51. The minimum absolute atomic E-state index is 0.214. The van der Waals surface area contributed by atoms with Crippen LogP contribution in [0.1, 0.15) is 16.0 Å². The van der Waals surface area contributed by atoms with Crippen LogP contribution in [0.3, 0.4) is 0 Å². The molecule has 1 aromatic heterocycles. The number of nitro groups is 1. The Hall–Kier alpha value is -1.72. The van der Waals surface area contributed by atoms with Gasteiger partial charge >= 0.3 is 5.00 Å². The van der Waals surface area contributed by atoms with Gasteiger partial charge < -0.3 is 5.32 Å². The fourth-order valence-corrected chi connectivity index (χ4v) is 3.28. The van der Waals surface area contributed by atoms with Gasteiger partial charge in [-0.25, -0.2) is 0 Å². The summed E-state index contributed by atoms with van der Waals surface area (Å²) in [5.74, 6) is 0. The molecule has 0 spiro atoms. The van der Waals surface area contributed by atoms with E-state index in [9.17, 15) is 10.1 Å². The topological polar surface area (TPSA) is 55.2 Å². The number of nitrogens with one attached hydrogen (secondary N) is 1. The molecule has 0 saturated carbocycles. The van der Waals surface area contributed by atoms with Gasteiger partial charge in [0, 0.05) is 23.5 Å². The standard InChI is InChI=1S/C14H14N2O2S/c17-16(18)14-6-5-13(19-14)9-15-12-7-10-3-1-2-4-11(10)8-12/h1-6,12,15H,7-9H2. The summed E-state index contributed by atoms with van der Waals surface area (Å²) < 4.78 is 0. The van der Waals surface area contributed by atoms with Crippen molar-refractivity contribution < 1.29 is 4.92 Å². The Morgan fingerprint density at radius 2 is 1.89 bits per heavy atom. The smallest absolute Gasteiger partial charge is 0.308 e. The highest BCUT2D eigenvalue weighted by atomic mass is 32.1. The van der Waals surface area contributed by atoms with E-state index < -0.39 is 0 Å². The summed E-state index contributed by atoms with van der Waals surface area (Å²) in [4.78, 5) is 11.3. The second-order valence-electron chi connectivity index (χ2n) is 4.75. The van der Waals surface area contributed by atoms with Crippen LogP contribution >= 0.6 is 11.3 Å². The van der Waals surface area contributed by atoms with Gasteiger partial charge in [-0.2, -0.15) is 0 Å². The molecule has 1 aliphatic carbocycles. The van der Waals surface area contributed by atoms with Crippen molar-refractivity contribution in [2.24, 2.45) is 0 Å². The molecule has 4 nitrogen and oxygen atoms in total. The molecular weight excluding hydrogens is 260 g/mol. The van der Waals surface area contributed by atoms with Gasteiger partial charge in [0.1, 0.15) is 0 Å². The minimum atomic E-state index is -0.334. The monoisotopic (exact) mass is 274 g/mol. The maximum atomic E-state index is 10.6. The summed E-state index contributed by atoms with van der Waals surface area (Å²) in [5, 5.41) is 14.3. The van der Waals surface area contributed by atoms with Crippen molar-refractivity contribution in [2.45, 2.75) is 25.4 Å². The van der Waals surface area contributed by atoms with E-state index in [4.69, 9.17) is 0 Å². The van der Waals surface area contributed by atoms with Crippen LogP contribution in [0.25, 0.3) is 0 Å². The number of fused-ring (bicyclic) bond motifs is 1. The predicted octanol–water partition coefficient (Wildman–Crippen LogP) is 2.91. The maximum Gasteiger partial charge on any atom is 0.324 e. The lowest BCUT2D eigenvalue weighted by Crippen LogP contribution is -2.28. The minimum Gasteiger partial charge on any atom is -0.308 e. The molecule has 0 fully saturated rings. The molecular formula is C14H14N2O2S. The van der Waals surface area contributed by atoms with Crippen molar-refractivity contribution in [2.75, 3.05) is 0 Å². The molecule has 0 amide bonds. The van der Waals surface area contributed by atoms with Crippen molar-refractivity contribution >= 4 is 16.3 Å². The van der Waals surface area contributed by atoms with Gasteiger partial charge in [0.25, 0.3) is 0 Å². The fraction of sp³-hybridized carbons (Fsp3) is 0.286. The first-order chi connectivity index (χ1) is 9.22. The van der Waals surface area contributed by atoms with Crippen LogP contribution in [0.2, 0.25) is 0 Å². The zero-order valence-corrected chi connectivity index (χ0v) is 11.2. The van der Waals surface area contributed by atoms with Gasteiger partial charge in [-0.05, 0) is 30.0 Å². The number of hydrogen-bond acceptors (Lipinski definition) is 4. The zero-order chi connectivity index (χ0) is 13.2. The molecule has 0 unspecified atom stereocenters. The van der Waals surface area contributed by atoms with Crippen molar-refractivity contribution in [1.82, 2.24) is 5.32 Å². The van der Waals surface area contributed by atoms with Crippen molar-refractivity contribution in [3.63, 3.8) is 0 Å². The summed E-state index contributed by atoms with van der Waals surface area (Å²) >= 11 is 1.25. The second-order valence-corrected chi connectivity index (χ2v) is 5.90. The first-order valence-corrected chi connectivity index (χ1v) is 7.07. The highest BCUT2D eigenvalue weighted by Gasteiger charge is 2.20. The normalized spacial score (nSPS) is 14.5. The van der Waals surface area contributed by atoms with Gasteiger partial charge in [-0.1, -0.05) is 35.6 Å². The molecule has 1 aliphatic rings. The van der Waals surface area contributed by atoms with Gasteiger partial charge in [0.2, 0.25) is 0 Å². The van der Waals surface area contributed by atoms with Crippen LogP contribution in [-0.4, -0.2) is 11.0 Å². The van der Waals surface area contributed by atoms with Gasteiger partial charge in [0.15, 0.2) is 0 Å². The third kappa shape index (κ3) is 2.67. The van der Waals surface area contributed by atoms with Crippen molar-refractivity contribution in [3.8, 4) is 0 Å². The van der Waals surface area contributed by atoms with E-state index in [1.165, 1.54) is 22.5 Å². The van der Waals surface area contributed by atoms with Crippen LogP contribution in [0.15, 0.2) is 36.4 Å². The lowest BCUT2D eigenvalue weighted by atomic mass is 10.1. The average molecular weight is 274 g/mol. The molecule has 98 valence electrons. The number of hydrogen-bond donors (Lipinski definition) is 1. The molecule has 5 heteroatoms. The second kappa shape index (κ2) is 5.11. The number of rotatable bonds is 4. The summed E-state index contributed by atoms with van der Waals surface area (Å²) in [6, 6.07) is 12.3. The molecule has 0 bridgehead atoms. The van der Waals surface area contributed by atoms with Crippen LogP contribution in [0.4, 0.5) is 5.00 Å². The van der Waals surface area contributed by atoms with Crippen LogP contribution in [0.5, 0.6) is 0 Å². The first kappa shape index (κ1) is 12.3. The molecule has 0 saturated heterocycles.